The molecule has 1 aliphatic rings. The molecule has 0 radical (unpaired) electrons. The van der Waals surface area contributed by atoms with Crippen molar-refractivity contribution in [1.82, 2.24) is 15.0 Å². The Labute approximate surface area is 180 Å². The molecule has 3 aromatic rings. The minimum Gasteiger partial charge on any atom is -0.497 e. The number of urea groups is 1. The molecule has 2 heterocycles. The van der Waals surface area contributed by atoms with Crippen molar-refractivity contribution in [3.05, 3.63) is 58.9 Å². The van der Waals surface area contributed by atoms with Crippen LogP contribution in [0.5, 0.6) is 5.75 Å². The summed E-state index contributed by atoms with van der Waals surface area (Å²) in [7, 11) is 1.62. The van der Waals surface area contributed by atoms with E-state index >= 15 is 0 Å². The third kappa shape index (κ3) is 4.41. The Hall–Kier alpha value is -3.06. The predicted molar refractivity (Wildman–Crippen MR) is 115 cm³/mol. The maximum atomic E-state index is 12.7. The number of halogens is 1. The summed E-state index contributed by atoms with van der Waals surface area (Å²) in [6.45, 7) is 3.12. The van der Waals surface area contributed by atoms with Gasteiger partial charge in [0.05, 0.1) is 13.0 Å². The molecule has 1 saturated heterocycles. The van der Waals surface area contributed by atoms with Crippen LogP contribution in [-0.4, -0.2) is 41.3 Å². The van der Waals surface area contributed by atoms with Gasteiger partial charge in [-0.15, -0.1) is 0 Å². The molecule has 30 heavy (non-hydrogen) atoms. The van der Waals surface area contributed by atoms with Crippen molar-refractivity contribution in [1.29, 1.82) is 0 Å². The average Bonchev–Trinajstić information content (AvgIpc) is 3.27. The van der Waals surface area contributed by atoms with Crippen LogP contribution in [0.4, 0.5) is 10.5 Å². The lowest BCUT2D eigenvalue weighted by Crippen LogP contribution is -2.41. The standard InChI is InChI=1S/C22H23ClN4O3/c1-14-8-9-17(12-19(14)23)24-22(28)27-10-4-6-16(13-27)21-25-20(26-30-21)15-5-3-7-18(11-15)29-2/h3,5,7-9,11-12,16H,4,6,10,13H2,1-2H3,(H,24,28). The summed E-state index contributed by atoms with van der Waals surface area (Å²) in [5, 5.41) is 7.66. The molecule has 8 heteroatoms. The van der Waals surface area contributed by atoms with Gasteiger partial charge in [-0.2, -0.15) is 4.98 Å². The Morgan fingerprint density at radius 3 is 2.97 bits per heavy atom. The predicted octanol–water partition coefficient (Wildman–Crippen LogP) is 5.12. The lowest BCUT2D eigenvalue weighted by atomic mass is 9.98. The van der Waals surface area contributed by atoms with Gasteiger partial charge in [0.2, 0.25) is 11.7 Å². The molecule has 1 aliphatic heterocycles. The van der Waals surface area contributed by atoms with E-state index in [0.29, 0.717) is 35.5 Å². The van der Waals surface area contributed by atoms with Crippen molar-refractivity contribution in [3.63, 3.8) is 0 Å². The number of amides is 2. The van der Waals surface area contributed by atoms with Gasteiger partial charge in [0.1, 0.15) is 5.75 Å². The van der Waals surface area contributed by atoms with E-state index in [9.17, 15) is 4.79 Å². The van der Waals surface area contributed by atoms with Crippen molar-refractivity contribution >= 4 is 23.3 Å². The van der Waals surface area contributed by atoms with Gasteiger partial charge in [-0.25, -0.2) is 4.79 Å². The number of ether oxygens (including phenoxy) is 1. The average molecular weight is 427 g/mol. The second-order valence-electron chi connectivity index (χ2n) is 7.37. The number of hydrogen-bond donors (Lipinski definition) is 1. The fourth-order valence-corrected chi connectivity index (χ4v) is 3.70. The number of benzene rings is 2. The fraction of sp³-hybridized carbons (Fsp3) is 0.318. The van der Waals surface area contributed by atoms with E-state index in [1.165, 1.54) is 0 Å². The largest absolute Gasteiger partial charge is 0.497 e. The molecule has 2 aromatic carbocycles. The molecular formula is C22H23ClN4O3. The molecule has 1 aromatic heterocycles. The lowest BCUT2D eigenvalue weighted by Gasteiger charge is -2.31. The number of hydrogen-bond acceptors (Lipinski definition) is 5. The highest BCUT2D eigenvalue weighted by Crippen LogP contribution is 2.29. The molecule has 0 bridgehead atoms. The van der Waals surface area contributed by atoms with E-state index in [1.807, 2.05) is 43.3 Å². The number of nitrogens with zero attached hydrogens (tertiary/aromatic N) is 3. The van der Waals surface area contributed by atoms with E-state index in [2.05, 4.69) is 15.5 Å². The van der Waals surface area contributed by atoms with Crippen molar-refractivity contribution < 1.29 is 14.1 Å². The first-order chi connectivity index (χ1) is 14.5. The molecule has 7 nitrogen and oxygen atoms in total. The topological polar surface area (TPSA) is 80.5 Å². The molecular weight excluding hydrogens is 404 g/mol. The van der Waals surface area contributed by atoms with E-state index in [0.717, 1.165) is 29.7 Å². The number of aryl methyl sites for hydroxylation is 1. The van der Waals surface area contributed by atoms with Crippen LogP contribution in [-0.2, 0) is 0 Å². The molecule has 1 atom stereocenters. The maximum absolute atomic E-state index is 12.7. The third-order valence-corrected chi connectivity index (χ3v) is 5.66. The number of carbonyl (C=O) groups is 1. The van der Waals surface area contributed by atoms with Gasteiger partial charge in [-0.05, 0) is 49.6 Å². The summed E-state index contributed by atoms with van der Waals surface area (Å²) in [6, 6.07) is 12.8. The molecule has 0 spiro atoms. The molecule has 156 valence electrons. The number of rotatable bonds is 4. The maximum Gasteiger partial charge on any atom is 0.321 e. The smallest absolute Gasteiger partial charge is 0.321 e. The Morgan fingerprint density at radius 2 is 2.17 bits per heavy atom. The number of piperidine rings is 1. The Kier molecular flexibility index (Phi) is 5.90. The second-order valence-corrected chi connectivity index (χ2v) is 7.77. The molecule has 2 amide bonds. The summed E-state index contributed by atoms with van der Waals surface area (Å²) in [5.41, 5.74) is 2.47. The minimum absolute atomic E-state index is 0.00189. The van der Waals surface area contributed by atoms with E-state index < -0.39 is 0 Å². The van der Waals surface area contributed by atoms with Crippen LogP contribution in [0.3, 0.4) is 0 Å². The highest BCUT2D eigenvalue weighted by Gasteiger charge is 2.29. The van der Waals surface area contributed by atoms with Gasteiger partial charge in [0.25, 0.3) is 0 Å². The quantitative estimate of drug-likeness (QED) is 0.626. The first-order valence-corrected chi connectivity index (χ1v) is 10.2. The van der Waals surface area contributed by atoms with Crippen molar-refractivity contribution in [2.24, 2.45) is 0 Å². The SMILES string of the molecule is COc1cccc(-c2noc(C3CCCN(C(=O)Nc4ccc(C)c(Cl)c4)C3)n2)c1. The zero-order valence-corrected chi connectivity index (χ0v) is 17.6. The molecule has 0 saturated carbocycles. The van der Waals surface area contributed by atoms with Crippen LogP contribution >= 0.6 is 11.6 Å². The van der Waals surface area contributed by atoms with E-state index in [1.54, 1.807) is 18.1 Å². The first-order valence-electron chi connectivity index (χ1n) is 9.83. The van der Waals surface area contributed by atoms with E-state index in [4.69, 9.17) is 20.9 Å². The molecule has 1 N–H and O–H groups in total. The lowest BCUT2D eigenvalue weighted by molar-refractivity contribution is 0.184. The summed E-state index contributed by atoms with van der Waals surface area (Å²) in [5.74, 6) is 1.79. The highest BCUT2D eigenvalue weighted by atomic mass is 35.5. The summed E-state index contributed by atoms with van der Waals surface area (Å²) in [6.07, 6.45) is 1.75. The zero-order chi connectivity index (χ0) is 21.1. The third-order valence-electron chi connectivity index (χ3n) is 5.25. The number of likely N-dealkylation sites (tertiary alicyclic amines) is 1. The Morgan fingerprint density at radius 1 is 1.30 bits per heavy atom. The number of nitrogens with one attached hydrogen (secondary N) is 1. The van der Waals surface area contributed by atoms with Crippen LogP contribution in [0.25, 0.3) is 11.4 Å². The van der Waals surface area contributed by atoms with Crippen molar-refractivity contribution in [2.75, 3.05) is 25.5 Å². The van der Waals surface area contributed by atoms with Gasteiger partial charge >= 0.3 is 6.03 Å². The van der Waals surface area contributed by atoms with Gasteiger partial charge in [-0.1, -0.05) is 35.0 Å². The van der Waals surface area contributed by atoms with Crippen LogP contribution in [0.2, 0.25) is 5.02 Å². The summed E-state index contributed by atoms with van der Waals surface area (Å²) >= 11 is 6.16. The molecule has 1 unspecified atom stereocenters. The van der Waals surface area contributed by atoms with Gasteiger partial charge in [-0.3, -0.25) is 0 Å². The molecule has 0 aliphatic carbocycles. The monoisotopic (exact) mass is 426 g/mol. The fourth-order valence-electron chi connectivity index (χ4n) is 3.52. The van der Waals surface area contributed by atoms with Crippen LogP contribution in [0, 0.1) is 6.92 Å². The van der Waals surface area contributed by atoms with Gasteiger partial charge in [0.15, 0.2) is 0 Å². The highest BCUT2D eigenvalue weighted by molar-refractivity contribution is 6.31. The number of anilines is 1. The van der Waals surface area contributed by atoms with Crippen LogP contribution in [0.1, 0.15) is 30.2 Å². The zero-order valence-electron chi connectivity index (χ0n) is 16.9. The van der Waals surface area contributed by atoms with Crippen molar-refractivity contribution in [2.45, 2.75) is 25.7 Å². The van der Waals surface area contributed by atoms with Gasteiger partial charge in [0, 0.05) is 29.4 Å². The summed E-state index contributed by atoms with van der Waals surface area (Å²) < 4.78 is 10.8. The minimum atomic E-state index is -0.160. The first kappa shape index (κ1) is 20.2. The number of methoxy groups -OCH3 is 1. The van der Waals surface area contributed by atoms with Crippen LogP contribution < -0.4 is 10.1 Å². The molecule has 4 rings (SSSR count). The Balaban J connectivity index is 1.44. The summed E-state index contributed by atoms with van der Waals surface area (Å²) in [4.78, 5) is 19.1. The van der Waals surface area contributed by atoms with E-state index in [-0.39, 0.29) is 11.9 Å². The number of aromatic nitrogens is 2. The van der Waals surface area contributed by atoms with Crippen LogP contribution in [0.15, 0.2) is 47.0 Å². The molecule has 1 fully saturated rings. The second kappa shape index (κ2) is 8.75. The Bertz CT molecular complexity index is 1050. The van der Waals surface area contributed by atoms with Crippen molar-refractivity contribution in [3.8, 4) is 17.1 Å². The number of carbonyl (C=O) groups excluding carboxylic acids is 1. The normalized spacial score (nSPS) is 16.4. The van der Waals surface area contributed by atoms with Gasteiger partial charge < -0.3 is 19.5 Å².